The number of halogens is 2. The Morgan fingerprint density at radius 2 is 2.27 bits per heavy atom. The molecule has 0 aromatic carbocycles. The summed E-state index contributed by atoms with van der Waals surface area (Å²) >= 11 is 0.661. The zero-order valence-corrected chi connectivity index (χ0v) is 12.4. The Hall–Kier alpha value is -1.37. The van der Waals surface area contributed by atoms with Crippen LogP contribution in [0.2, 0.25) is 0 Å². The molecule has 12 heteroatoms. The van der Waals surface area contributed by atoms with Crippen LogP contribution in [0.5, 0.6) is 0 Å². The number of carbonyl (C=O) groups is 1. The van der Waals surface area contributed by atoms with Gasteiger partial charge in [-0.1, -0.05) is 0 Å². The molecular weight excluding hydrogens is 344 g/mol. The van der Waals surface area contributed by atoms with E-state index in [1.54, 1.807) is 0 Å². The first kappa shape index (κ1) is 14.2. The second kappa shape index (κ2) is 4.13. The molecular formula is C10H9F2N3O5S2. The minimum atomic E-state index is -4.79. The lowest BCUT2D eigenvalue weighted by Gasteiger charge is -2.45. The number of aromatic nitrogens is 1. The van der Waals surface area contributed by atoms with Crippen LogP contribution in [0.25, 0.3) is 0 Å². The van der Waals surface area contributed by atoms with Gasteiger partial charge in [0.2, 0.25) is 5.72 Å². The van der Waals surface area contributed by atoms with Gasteiger partial charge in [-0.25, -0.2) is 14.0 Å². The minimum Gasteiger partial charge on any atom is -0.285 e. The van der Waals surface area contributed by atoms with Crippen molar-refractivity contribution in [2.24, 2.45) is 0 Å². The molecule has 1 aromatic heterocycles. The first-order valence-electron chi connectivity index (χ1n) is 6.31. The molecule has 2 atom stereocenters. The lowest BCUT2D eigenvalue weighted by Crippen LogP contribution is -2.63. The van der Waals surface area contributed by atoms with Gasteiger partial charge in [0.25, 0.3) is 0 Å². The van der Waals surface area contributed by atoms with Crippen molar-refractivity contribution in [3.05, 3.63) is 16.6 Å². The first-order chi connectivity index (χ1) is 10.3. The van der Waals surface area contributed by atoms with Gasteiger partial charge in [0, 0.05) is 24.5 Å². The predicted octanol–water partition coefficient (Wildman–Crippen LogP) is 1.04. The van der Waals surface area contributed by atoms with E-state index in [-0.39, 0.29) is 19.4 Å². The SMILES string of the molecule is O=C1N2OS(=O)(=O)O[C@]3(C(F)(F)c4nccs4)CC[C@@H]2CN13. The number of nitrogens with zero attached hydrogens (tertiary/aromatic N) is 3. The molecule has 4 heterocycles. The fraction of sp³-hybridized carbons (Fsp3) is 0.600. The molecule has 8 nitrogen and oxygen atoms in total. The number of piperidine rings is 1. The van der Waals surface area contributed by atoms with Crippen molar-refractivity contribution >= 4 is 27.8 Å². The quantitative estimate of drug-likeness (QED) is 0.789. The summed E-state index contributed by atoms with van der Waals surface area (Å²) in [6.45, 7) is -0.0880. The van der Waals surface area contributed by atoms with Crippen molar-refractivity contribution in [1.29, 1.82) is 0 Å². The number of fused-ring (bicyclic) bond motifs is 3. The molecule has 0 aliphatic carbocycles. The van der Waals surface area contributed by atoms with E-state index in [4.69, 9.17) is 4.18 Å². The molecule has 3 aliphatic heterocycles. The molecule has 0 spiro atoms. The van der Waals surface area contributed by atoms with Crippen LogP contribution in [-0.4, -0.2) is 47.7 Å². The van der Waals surface area contributed by atoms with Gasteiger partial charge in [-0.3, -0.25) is 4.90 Å². The molecule has 4 rings (SSSR count). The molecule has 0 N–H and O–H groups in total. The van der Waals surface area contributed by atoms with Crippen LogP contribution in [0.1, 0.15) is 17.8 Å². The average Bonchev–Trinajstić information content (AvgIpc) is 3.02. The molecule has 3 fully saturated rings. The Morgan fingerprint density at radius 3 is 2.95 bits per heavy atom. The summed E-state index contributed by atoms with van der Waals surface area (Å²) in [5.74, 6) is -3.79. The van der Waals surface area contributed by atoms with Crippen LogP contribution in [0.15, 0.2) is 11.6 Å². The van der Waals surface area contributed by atoms with Crippen molar-refractivity contribution < 1.29 is 30.5 Å². The van der Waals surface area contributed by atoms with E-state index in [2.05, 4.69) is 9.27 Å². The summed E-state index contributed by atoms with van der Waals surface area (Å²) in [6, 6.07) is -1.54. The van der Waals surface area contributed by atoms with Crippen LogP contribution >= 0.6 is 11.3 Å². The van der Waals surface area contributed by atoms with Gasteiger partial charge >= 0.3 is 22.4 Å². The Morgan fingerprint density at radius 1 is 1.50 bits per heavy atom. The standard InChI is InChI=1S/C10H9F2N3O5S2/c11-10(12,7-13-3-4-21-7)9-2-1-6-5-14(9)8(16)15(6)20-22(17,18)19-9/h3-4,6H,1-2,5H2/t6-,9+/m1/s1. The largest absolute Gasteiger partial charge is 0.423 e. The molecule has 3 aliphatic rings. The zero-order chi connectivity index (χ0) is 15.8. The summed E-state index contributed by atoms with van der Waals surface area (Å²) < 4.78 is 62.8. The fourth-order valence-electron chi connectivity index (χ4n) is 3.03. The third-order valence-corrected chi connectivity index (χ3v) is 5.67. The Labute approximate surface area is 127 Å². The van der Waals surface area contributed by atoms with Crippen LogP contribution in [-0.2, 0) is 24.8 Å². The number of thiazole rings is 1. The van der Waals surface area contributed by atoms with Gasteiger partial charge in [-0.15, -0.1) is 15.6 Å². The number of amides is 2. The van der Waals surface area contributed by atoms with Crippen molar-refractivity contribution in [2.75, 3.05) is 6.54 Å². The number of urea groups is 1. The van der Waals surface area contributed by atoms with Crippen LogP contribution in [0, 0.1) is 0 Å². The van der Waals surface area contributed by atoms with E-state index in [1.807, 2.05) is 0 Å². The van der Waals surface area contributed by atoms with E-state index in [1.165, 1.54) is 11.6 Å². The third-order valence-electron chi connectivity index (χ3n) is 4.00. The monoisotopic (exact) mass is 353 g/mol. The van der Waals surface area contributed by atoms with Crippen LogP contribution in [0.4, 0.5) is 13.6 Å². The van der Waals surface area contributed by atoms with Gasteiger partial charge in [-0.2, -0.15) is 22.3 Å². The summed E-state index contributed by atoms with van der Waals surface area (Å²) in [6.07, 6.45) is 0.976. The van der Waals surface area contributed by atoms with Gasteiger partial charge < -0.3 is 0 Å². The second-order valence-corrected chi connectivity index (χ2v) is 7.20. The fourth-order valence-corrected chi connectivity index (χ4v) is 4.74. The number of hydrogen-bond acceptors (Lipinski definition) is 7. The lowest BCUT2D eigenvalue weighted by molar-refractivity contribution is -0.246. The number of alkyl halides is 2. The maximum absolute atomic E-state index is 15.0. The van der Waals surface area contributed by atoms with Gasteiger partial charge in [0.05, 0.1) is 6.04 Å². The molecule has 1 aromatic rings. The summed E-state index contributed by atoms with van der Waals surface area (Å²) in [7, 11) is -4.79. The summed E-state index contributed by atoms with van der Waals surface area (Å²) in [5.41, 5.74) is -2.65. The van der Waals surface area contributed by atoms with E-state index in [0.29, 0.717) is 16.4 Å². The molecule has 2 amide bonds. The van der Waals surface area contributed by atoms with Crippen LogP contribution in [0.3, 0.4) is 0 Å². The smallest absolute Gasteiger partial charge is 0.285 e. The third kappa shape index (κ3) is 1.63. The summed E-state index contributed by atoms with van der Waals surface area (Å²) in [4.78, 5) is 16.5. The number of rotatable bonds is 2. The van der Waals surface area contributed by atoms with Crippen LogP contribution < -0.4 is 0 Å². The van der Waals surface area contributed by atoms with Crippen molar-refractivity contribution in [3.63, 3.8) is 0 Å². The molecule has 0 saturated carbocycles. The first-order valence-corrected chi connectivity index (χ1v) is 8.52. The topological polar surface area (TPSA) is 89.0 Å². The Balaban J connectivity index is 1.92. The molecule has 120 valence electrons. The van der Waals surface area contributed by atoms with Crippen molar-refractivity contribution in [2.45, 2.75) is 30.5 Å². The maximum Gasteiger partial charge on any atom is 0.423 e. The van der Waals surface area contributed by atoms with Gasteiger partial charge in [0.15, 0.2) is 5.01 Å². The Kier molecular flexibility index (Phi) is 2.67. The minimum absolute atomic E-state index is 0.0880. The van der Waals surface area contributed by atoms with E-state index < -0.39 is 39.1 Å². The van der Waals surface area contributed by atoms with Crippen molar-refractivity contribution in [1.82, 2.24) is 14.9 Å². The molecule has 0 unspecified atom stereocenters. The normalized spacial score (nSPS) is 33.4. The van der Waals surface area contributed by atoms with E-state index >= 15 is 0 Å². The number of carbonyl (C=O) groups excluding carboxylic acids is 1. The zero-order valence-electron chi connectivity index (χ0n) is 10.8. The number of hydrogen-bond donors (Lipinski definition) is 0. The highest BCUT2D eigenvalue weighted by Crippen LogP contribution is 2.54. The average molecular weight is 353 g/mol. The second-order valence-electron chi connectivity index (χ2n) is 5.17. The van der Waals surface area contributed by atoms with Crippen molar-refractivity contribution in [3.8, 4) is 0 Å². The van der Waals surface area contributed by atoms with Gasteiger partial charge in [-0.05, 0) is 6.42 Å². The lowest BCUT2D eigenvalue weighted by atomic mass is 9.92. The molecule has 0 radical (unpaired) electrons. The van der Waals surface area contributed by atoms with E-state index in [9.17, 15) is 22.0 Å². The van der Waals surface area contributed by atoms with Gasteiger partial charge in [0.1, 0.15) is 0 Å². The highest BCUT2D eigenvalue weighted by atomic mass is 32.3. The highest BCUT2D eigenvalue weighted by Gasteiger charge is 2.72. The van der Waals surface area contributed by atoms with E-state index in [0.717, 1.165) is 4.90 Å². The molecule has 22 heavy (non-hydrogen) atoms. The number of hydroxylamine groups is 2. The Bertz CT molecular complexity index is 740. The highest BCUT2D eigenvalue weighted by molar-refractivity contribution is 7.81. The molecule has 3 bridgehead atoms. The predicted molar refractivity (Wildman–Crippen MR) is 66.8 cm³/mol. The maximum atomic E-state index is 15.0. The molecule has 3 saturated heterocycles. The summed E-state index contributed by atoms with van der Waals surface area (Å²) in [5, 5.41) is 1.32.